The Kier molecular flexibility index (Phi) is 4.24. The van der Waals surface area contributed by atoms with E-state index in [9.17, 15) is 4.79 Å². The first-order valence-electron chi connectivity index (χ1n) is 8.90. The Morgan fingerprint density at radius 2 is 1.92 bits per heavy atom. The van der Waals surface area contributed by atoms with Crippen LogP contribution in [0.3, 0.4) is 0 Å². The van der Waals surface area contributed by atoms with Gasteiger partial charge in [0.05, 0.1) is 29.8 Å². The van der Waals surface area contributed by atoms with E-state index in [4.69, 9.17) is 14.5 Å². The highest BCUT2D eigenvalue weighted by Gasteiger charge is 2.22. The Balaban J connectivity index is 1.89. The van der Waals surface area contributed by atoms with Crippen molar-refractivity contribution in [1.29, 1.82) is 0 Å². The molecule has 134 valence electrons. The summed E-state index contributed by atoms with van der Waals surface area (Å²) in [6, 6.07) is 11.5. The number of benzene rings is 2. The van der Waals surface area contributed by atoms with Crippen LogP contribution in [0.4, 0.5) is 0 Å². The number of rotatable bonds is 5. The lowest BCUT2D eigenvalue weighted by Crippen LogP contribution is -2.24. The number of imidazole rings is 1. The second-order valence-corrected chi connectivity index (χ2v) is 6.04. The Morgan fingerprint density at radius 1 is 1.12 bits per heavy atom. The normalized spacial score (nSPS) is 13.4. The van der Waals surface area contributed by atoms with Gasteiger partial charge in [0.1, 0.15) is 5.82 Å². The molecule has 1 N–H and O–H groups in total. The number of amides is 1. The van der Waals surface area contributed by atoms with Gasteiger partial charge in [-0.15, -0.1) is 0 Å². The molecule has 0 saturated carbocycles. The molecule has 6 heteroatoms. The van der Waals surface area contributed by atoms with Gasteiger partial charge in [0.2, 0.25) is 0 Å². The van der Waals surface area contributed by atoms with E-state index in [2.05, 4.69) is 9.88 Å². The number of nitrogens with zero attached hydrogens (tertiary/aromatic N) is 2. The monoisotopic (exact) mass is 351 g/mol. The van der Waals surface area contributed by atoms with Gasteiger partial charge in [-0.2, -0.15) is 0 Å². The van der Waals surface area contributed by atoms with Gasteiger partial charge in [0.25, 0.3) is 5.91 Å². The van der Waals surface area contributed by atoms with Gasteiger partial charge >= 0.3 is 0 Å². The summed E-state index contributed by atoms with van der Waals surface area (Å²) in [5.41, 5.74) is 3.30. The average molecular weight is 351 g/mol. The average Bonchev–Trinajstić information content (AvgIpc) is 2.93. The van der Waals surface area contributed by atoms with E-state index in [-0.39, 0.29) is 5.91 Å². The summed E-state index contributed by atoms with van der Waals surface area (Å²) in [4.78, 5) is 17.1. The molecule has 0 spiro atoms. The van der Waals surface area contributed by atoms with Crippen LogP contribution in [0.25, 0.3) is 22.4 Å². The van der Waals surface area contributed by atoms with Crippen molar-refractivity contribution in [2.24, 2.45) is 0 Å². The van der Waals surface area contributed by atoms with Crippen LogP contribution in [0, 0.1) is 0 Å². The fourth-order valence-electron chi connectivity index (χ4n) is 3.37. The number of aromatic nitrogens is 2. The van der Waals surface area contributed by atoms with Gasteiger partial charge in [-0.25, -0.2) is 4.98 Å². The first-order chi connectivity index (χ1) is 12.7. The first kappa shape index (κ1) is 16.4. The van der Waals surface area contributed by atoms with E-state index >= 15 is 0 Å². The molecular formula is C20H21N3O3. The fraction of sp³-hybridized carbons (Fsp3) is 0.300. The molecule has 0 bridgehead atoms. The van der Waals surface area contributed by atoms with Crippen LogP contribution in [0.2, 0.25) is 0 Å². The number of ether oxygens (including phenoxy) is 2. The highest BCUT2D eigenvalue weighted by atomic mass is 16.5. The predicted molar refractivity (Wildman–Crippen MR) is 99.8 cm³/mol. The largest absolute Gasteiger partial charge is 0.490 e. The Morgan fingerprint density at radius 3 is 2.73 bits per heavy atom. The number of hydrogen-bond acceptors (Lipinski definition) is 4. The zero-order valence-corrected chi connectivity index (χ0v) is 14.9. The lowest BCUT2D eigenvalue weighted by atomic mass is 10.1. The number of nitrogens with one attached hydrogen (secondary N) is 1. The van der Waals surface area contributed by atoms with Crippen molar-refractivity contribution < 1.29 is 14.3 Å². The van der Waals surface area contributed by atoms with Crippen LogP contribution in [-0.2, 0) is 6.54 Å². The minimum absolute atomic E-state index is 0.0532. The summed E-state index contributed by atoms with van der Waals surface area (Å²) in [5, 5.41) is 2.94. The molecule has 0 aliphatic carbocycles. The maximum absolute atomic E-state index is 12.3. The highest BCUT2D eigenvalue weighted by molar-refractivity contribution is 6.06. The lowest BCUT2D eigenvalue weighted by molar-refractivity contribution is 0.0956. The van der Waals surface area contributed by atoms with E-state index in [0.29, 0.717) is 37.6 Å². The lowest BCUT2D eigenvalue weighted by Gasteiger charge is -2.13. The van der Waals surface area contributed by atoms with Crippen molar-refractivity contribution in [3.8, 4) is 22.9 Å². The molecule has 2 aromatic carbocycles. The maximum atomic E-state index is 12.3. The predicted octanol–water partition coefficient (Wildman–Crippen LogP) is 3.24. The quantitative estimate of drug-likeness (QED) is 0.766. The van der Waals surface area contributed by atoms with E-state index in [0.717, 1.165) is 28.2 Å². The van der Waals surface area contributed by atoms with Crippen molar-refractivity contribution in [2.75, 3.05) is 19.8 Å². The molecule has 0 radical (unpaired) electrons. The van der Waals surface area contributed by atoms with Crippen molar-refractivity contribution in [3.05, 3.63) is 42.0 Å². The fourth-order valence-corrected chi connectivity index (χ4v) is 3.37. The number of para-hydroxylation sites is 1. The maximum Gasteiger partial charge on any atom is 0.253 e. The van der Waals surface area contributed by atoms with Crippen molar-refractivity contribution >= 4 is 16.9 Å². The van der Waals surface area contributed by atoms with Crippen molar-refractivity contribution in [2.45, 2.75) is 20.4 Å². The van der Waals surface area contributed by atoms with E-state index in [1.165, 1.54) is 0 Å². The zero-order valence-electron chi connectivity index (χ0n) is 14.9. The molecule has 1 aliphatic rings. The molecule has 0 atom stereocenters. The summed E-state index contributed by atoms with van der Waals surface area (Å²) in [6.45, 7) is 6.28. The zero-order chi connectivity index (χ0) is 18.1. The van der Waals surface area contributed by atoms with Crippen LogP contribution in [0.5, 0.6) is 11.5 Å². The molecule has 0 saturated heterocycles. The van der Waals surface area contributed by atoms with Gasteiger partial charge in [0.15, 0.2) is 11.5 Å². The van der Waals surface area contributed by atoms with Crippen molar-refractivity contribution in [1.82, 2.24) is 14.9 Å². The molecule has 1 amide bonds. The minimum Gasteiger partial charge on any atom is -0.490 e. The third-order valence-corrected chi connectivity index (χ3v) is 4.43. The standard InChI is InChI=1S/C20H21N3O3/c1-3-25-16-9-8-13(12-17(16)26-4-2)19-22-15-7-5-6-14-18(15)23(19)11-10-21-20(14)24/h5-9,12H,3-4,10-11H2,1-2H3,(H,21,24). The smallest absolute Gasteiger partial charge is 0.253 e. The minimum atomic E-state index is -0.0532. The summed E-state index contributed by atoms with van der Waals surface area (Å²) < 4.78 is 13.5. The third kappa shape index (κ3) is 2.67. The van der Waals surface area contributed by atoms with Crippen LogP contribution in [0.15, 0.2) is 36.4 Å². The Hall–Kier alpha value is -3.02. The summed E-state index contributed by atoms with van der Waals surface area (Å²) in [6.07, 6.45) is 0. The molecule has 1 aliphatic heterocycles. The van der Waals surface area contributed by atoms with Crippen molar-refractivity contribution in [3.63, 3.8) is 0 Å². The number of carbonyl (C=O) groups excluding carboxylic acids is 1. The van der Waals surface area contributed by atoms with Gasteiger partial charge in [-0.3, -0.25) is 4.79 Å². The number of hydrogen-bond donors (Lipinski definition) is 1. The molecule has 4 rings (SSSR count). The molecule has 6 nitrogen and oxygen atoms in total. The van der Waals surface area contributed by atoms with Crippen LogP contribution < -0.4 is 14.8 Å². The second-order valence-electron chi connectivity index (χ2n) is 6.04. The van der Waals surface area contributed by atoms with E-state index in [1.807, 2.05) is 50.2 Å². The van der Waals surface area contributed by atoms with Gasteiger partial charge in [-0.1, -0.05) is 6.07 Å². The summed E-state index contributed by atoms with van der Waals surface area (Å²) in [5.74, 6) is 2.20. The molecule has 3 aromatic rings. The molecule has 0 unspecified atom stereocenters. The van der Waals surface area contributed by atoms with Crippen LogP contribution in [-0.4, -0.2) is 35.2 Å². The Bertz CT molecular complexity index is 978. The van der Waals surface area contributed by atoms with Gasteiger partial charge < -0.3 is 19.4 Å². The highest BCUT2D eigenvalue weighted by Crippen LogP contribution is 2.34. The topological polar surface area (TPSA) is 65.4 Å². The number of carbonyl (C=O) groups is 1. The van der Waals surface area contributed by atoms with E-state index < -0.39 is 0 Å². The van der Waals surface area contributed by atoms with Crippen LogP contribution in [0.1, 0.15) is 24.2 Å². The summed E-state index contributed by atoms with van der Waals surface area (Å²) in [7, 11) is 0. The first-order valence-corrected chi connectivity index (χ1v) is 8.90. The van der Waals surface area contributed by atoms with E-state index in [1.54, 1.807) is 0 Å². The molecular weight excluding hydrogens is 330 g/mol. The third-order valence-electron chi connectivity index (χ3n) is 4.43. The molecule has 26 heavy (non-hydrogen) atoms. The second kappa shape index (κ2) is 6.71. The molecule has 2 heterocycles. The molecule has 1 aromatic heterocycles. The van der Waals surface area contributed by atoms with Gasteiger partial charge in [0, 0.05) is 18.7 Å². The van der Waals surface area contributed by atoms with Gasteiger partial charge in [-0.05, 0) is 44.2 Å². The Labute approximate surface area is 151 Å². The molecule has 0 fully saturated rings. The van der Waals surface area contributed by atoms with Crippen LogP contribution >= 0.6 is 0 Å². The summed E-state index contributed by atoms with van der Waals surface area (Å²) >= 11 is 0. The SMILES string of the molecule is CCOc1ccc(-c2nc3cccc4c3n2CCNC4=O)cc1OCC.